The molecule has 1 atom stereocenters. The average molecular weight is 220 g/mol. The van der Waals surface area contributed by atoms with Crippen LogP contribution in [0.3, 0.4) is 0 Å². The molecule has 0 saturated carbocycles. The van der Waals surface area contributed by atoms with Crippen LogP contribution in [0.15, 0.2) is 24.3 Å². The van der Waals surface area contributed by atoms with Crippen LogP contribution in [-0.2, 0) is 4.79 Å². The maximum Gasteiger partial charge on any atom is 0.308 e. The first-order valence-electron chi connectivity index (χ1n) is 5.48. The first-order chi connectivity index (χ1) is 7.75. The molecule has 1 aliphatic heterocycles. The second-order valence-electron chi connectivity index (χ2n) is 3.88. The predicted molar refractivity (Wildman–Crippen MR) is 61.4 cm³/mol. The van der Waals surface area contributed by atoms with E-state index >= 15 is 0 Å². The van der Waals surface area contributed by atoms with Gasteiger partial charge in [-0.05, 0) is 17.7 Å². The number of piperazine rings is 1. The average Bonchev–Trinajstić information content (AvgIpc) is 2.30. The van der Waals surface area contributed by atoms with Crippen LogP contribution in [0.4, 0.5) is 0 Å². The quantitative estimate of drug-likeness (QED) is 0.573. The summed E-state index contributed by atoms with van der Waals surface area (Å²) in [6, 6.07) is 7.94. The van der Waals surface area contributed by atoms with Crippen LogP contribution in [0.25, 0.3) is 0 Å². The highest BCUT2D eigenvalue weighted by molar-refractivity contribution is 5.69. The summed E-state index contributed by atoms with van der Waals surface area (Å²) in [5.74, 6) is 0.323. The third kappa shape index (κ3) is 2.81. The standard InChI is InChI=1S/C12H16N2O2/c1-9(15)16-11-4-2-3-10(7-11)12-8-13-5-6-14-12/h2-4,7,12-14H,5-6,8H2,1H3/t12-/m0/s1. The molecule has 16 heavy (non-hydrogen) atoms. The van der Waals surface area contributed by atoms with Crippen molar-refractivity contribution in [3.05, 3.63) is 29.8 Å². The summed E-state index contributed by atoms with van der Waals surface area (Å²) in [5, 5.41) is 6.74. The molecule has 0 radical (unpaired) electrons. The predicted octanol–water partition coefficient (Wildman–Crippen LogP) is 0.846. The Morgan fingerprint density at radius 2 is 2.31 bits per heavy atom. The second-order valence-corrected chi connectivity index (χ2v) is 3.88. The topological polar surface area (TPSA) is 50.4 Å². The van der Waals surface area contributed by atoms with Gasteiger partial charge < -0.3 is 15.4 Å². The van der Waals surface area contributed by atoms with Crippen molar-refractivity contribution in [1.29, 1.82) is 0 Å². The first kappa shape index (κ1) is 11.1. The molecule has 2 N–H and O–H groups in total. The Kier molecular flexibility index (Phi) is 3.54. The van der Waals surface area contributed by atoms with Crippen molar-refractivity contribution in [2.75, 3.05) is 19.6 Å². The molecule has 1 aromatic carbocycles. The van der Waals surface area contributed by atoms with Crippen molar-refractivity contribution in [1.82, 2.24) is 10.6 Å². The molecule has 4 heteroatoms. The highest BCUT2D eigenvalue weighted by Gasteiger charge is 2.14. The Bertz CT molecular complexity index is 373. The Morgan fingerprint density at radius 3 is 3.00 bits per heavy atom. The van der Waals surface area contributed by atoms with E-state index in [1.54, 1.807) is 6.07 Å². The molecule has 0 unspecified atom stereocenters. The summed E-state index contributed by atoms with van der Waals surface area (Å²) in [6.45, 7) is 4.28. The number of carbonyl (C=O) groups excluding carboxylic acids is 1. The normalized spacial score (nSPS) is 20.4. The van der Waals surface area contributed by atoms with Crippen LogP contribution >= 0.6 is 0 Å². The van der Waals surface area contributed by atoms with E-state index in [0.717, 1.165) is 25.2 Å². The largest absolute Gasteiger partial charge is 0.427 e. The summed E-state index contributed by atoms with van der Waals surface area (Å²) in [6.07, 6.45) is 0. The number of carbonyl (C=O) groups is 1. The SMILES string of the molecule is CC(=O)Oc1cccc([C@@H]2CNCCN2)c1. The van der Waals surface area contributed by atoms with E-state index in [1.807, 2.05) is 18.2 Å². The molecule has 1 saturated heterocycles. The van der Waals surface area contributed by atoms with Crippen molar-refractivity contribution in [3.63, 3.8) is 0 Å². The lowest BCUT2D eigenvalue weighted by atomic mass is 10.1. The monoisotopic (exact) mass is 220 g/mol. The molecule has 0 aliphatic carbocycles. The van der Waals surface area contributed by atoms with E-state index in [2.05, 4.69) is 10.6 Å². The van der Waals surface area contributed by atoms with Gasteiger partial charge in [0.05, 0.1) is 0 Å². The minimum atomic E-state index is -0.285. The van der Waals surface area contributed by atoms with Crippen LogP contribution in [0.1, 0.15) is 18.5 Å². The summed E-state index contributed by atoms with van der Waals surface area (Å²) in [5.41, 5.74) is 1.14. The zero-order valence-corrected chi connectivity index (χ0v) is 9.32. The van der Waals surface area contributed by atoms with Crippen molar-refractivity contribution in [3.8, 4) is 5.75 Å². The van der Waals surface area contributed by atoms with E-state index in [-0.39, 0.29) is 5.97 Å². The Morgan fingerprint density at radius 1 is 1.44 bits per heavy atom. The zero-order chi connectivity index (χ0) is 11.4. The molecule has 2 rings (SSSR count). The van der Waals surface area contributed by atoms with E-state index in [4.69, 9.17) is 4.74 Å². The number of benzene rings is 1. The number of hydrogen-bond acceptors (Lipinski definition) is 4. The van der Waals surface area contributed by atoms with Gasteiger partial charge in [0.25, 0.3) is 0 Å². The van der Waals surface area contributed by atoms with Crippen LogP contribution in [-0.4, -0.2) is 25.6 Å². The van der Waals surface area contributed by atoms with Gasteiger partial charge in [-0.15, -0.1) is 0 Å². The molecule has 1 aliphatic rings. The molecule has 4 nitrogen and oxygen atoms in total. The van der Waals surface area contributed by atoms with Gasteiger partial charge in [-0.2, -0.15) is 0 Å². The van der Waals surface area contributed by atoms with E-state index in [9.17, 15) is 4.79 Å². The number of hydrogen-bond donors (Lipinski definition) is 2. The maximum absolute atomic E-state index is 10.9. The van der Waals surface area contributed by atoms with Crippen LogP contribution in [0.2, 0.25) is 0 Å². The third-order valence-electron chi connectivity index (χ3n) is 2.56. The van der Waals surface area contributed by atoms with Gasteiger partial charge >= 0.3 is 5.97 Å². The molecule has 0 amide bonds. The van der Waals surface area contributed by atoms with E-state index < -0.39 is 0 Å². The molecular formula is C12H16N2O2. The molecule has 1 aromatic rings. The number of rotatable bonds is 2. The van der Waals surface area contributed by atoms with Gasteiger partial charge in [0.1, 0.15) is 5.75 Å². The molecule has 1 fully saturated rings. The molecule has 0 aromatic heterocycles. The second kappa shape index (κ2) is 5.09. The molecule has 0 bridgehead atoms. The third-order valence-corrected chi connectivity index (χ3v) is 2.56. The zero-order valence-electron chi connectivity index (χ0n) is 9.32. The summed E-state index contributed by atoms with van der Waals surface area (Å²) in [4.78, 5) is 10.9. The smallest absolute Gasteiger partial charge is 0.308 e. The van der Waals surface area contributed by atoms with Crippen molar-refractivity contribution in [2.24, 2.45) is 0 Å². The number of ether oxygens (including phenoxy) is 1. The molecule has 1 heterocycles. The Hall–Kier alpha value is -1.39. The highest BCUT2D eigenvalue weighted by atomic mass is 16.5. The van der Waals surface area contributed by atoms with Crippen molar-refractivity contribution < 1.29 is 9.53 Å². The Labute approximate surface area is 95.0 Å². The minimum absolute atomic E-state index is 0.285. The lowest BCUT2D eigenvalue weighted by Gasteiger charge is -2.25. The van der Waals surface area contributed by atoms with Gasteiger partial charge in [-0.25, -0.2) is 0 Å². The van der Waals surface area contributed by atoms with E-state index in [1.165, 1.54) is 6.92 Å². The lowest BCUT2D eigenvalue weighted by Crippen LogP contribution is -2.42. The van der Waals surface area contributed by atoms with Crippen LogP contribution in [0.5, 0.6) is 5.75 Å². The molecular weight excluding hydrogens is 204 g/mol. The Balaban J connectivity index is 2.11. The van der Waals surface area contributed by atoms with Crippen LogP contribution in [0, 0.1) is 0 Å². The number of esters is 1. The summed E-state index contributed by atoms with van der Waals surface area (Å²) in [7, 11) is 0. The van der Waals surface area contributed by atoms with Gasteiger partial charge in [0.15, 0.2) is 0 Å². The van der Waals surface area contributed by atoms with Gasteiger partial charge in [-0.3, -0.25) is 4.79 Å². The van der Waals surface area contributed by atoms with E-state index in [0.29, 0.717) is 11.8 Å². The first-order valence-corrected chi connectivity index (χ1v) is 5.48. The van der Waals surface area contributed by atoms with Gasteiger partial charge in [-0.1, -0.05) is 12.1 Å². The van der Waals surface area contributed by atoms with Crippen molar-refractivity contribution in [2.45, 2.75) is 13.0 Å². The van der Waals surface area contributed by atoms with Crippen molar-refractivity contribution >= 4 is 5.97 Å². The number of nitrogens with one attached hydrogen (secondary N) is 2. The maximum atomic E-state index is 10.9. The minimum Gasteiger partial charge on any atom is -0.427 e. The lowest BCUT2D eigenvalue weighted by molar-refractivity contribution is -0.131. The molecule has 0 spiro atoms. The fourth-order valence-electron chi connectivity index (χ4n) is 1.85. The molecule has 86 valence electrons. The van der Waals surface area contributed by atoms with Gasteiger partial charge in [0.2, 0.25) is 0 Å². The fraction of sp³-hybridized carbons (Fsp3) is 0.417. The van der Waals surface area contributed by atoms with Gasteiger partial charge in [0, 0.05) is 32.6 Å². The summed E-state index contributed by atoms with van der Waals surface area (Å²) < 4.78 is 5.06. The fourth-order valence-corrected chi connectivity index (χ4v) is 1.85. The summed E-state index contributed by atoms with van der Waals surface area (Å²) >= 11 is 0. The van der Waals surface area contributed by atoms with Crippen LogP contribution < -0.4 is 15.4 Å². The highest BCUT2D eigenvalue weighted by Crippen LogP contribution is 2.19.